The van der Waals surface area contributed by atoms with Gasteiger partial charge in [-0.25, -0.2) is 0 Å². The van der Waals surface area contributed by atoms with E-state index in [1.165, 1.54) is 4.68 Å². The highest BCUT2D eigenvalue weighted by molar-refractivity contribution is 5.75. The van der Waals surface area contributed by atoms with E-state index in [0.29, 0.717) is 6.42 Å². The molecule has 1 aliphatic rings. The number of carbonyl (C=O) groups excluding carboxylic acids is 1. The van der Waals surface area contributed by atoms with Gasteiger partial charge in [0.05, 0.1) is 6.42 Å². The second kappa shape index (κ2) is 1.33. The molecule has 0 spiro atoms. The Bertz CT molecular complexity index is 105. The predicted molar refractivity (Wildman–Crippen MR) is 25.0 cm³/mol. The van der Waals surface area contributed by atoms with Crippen LogP contribution in [0.4, 0.5) is 0 Å². The summed E-state index contributed by atoms with van der Waals surface area (Å²) in [5.41, 5.74) is 2.50. The Hall–Kier alpha value is -0.860. The fourth-order valence-electron chi connectivity index (χ4n) is 0.525. The van der Waals surface area contributed by atoms with Gasteiger partial charge in [0.2, 0.25) is 0 Å². The highest BCUT2D eigenvalue weighted by Gasteiger charge is 2.17. The molecule has 1 amide bonds. The fraction of sp³-hybridized carbons (Fsp3) is 0.500. The van der Waals surface area contributed by atoms with Crippen LogP contribution in [0.3, 0.4) is 0 Å². The van der Waals surface area contributed by atoms with E-state index in [1.807, 2.05) is 0 Å². The van der Waals surface area contributed by atoms with Crippen molar-refractivity contribution in [2.75, 3.05) is 6.54 Å². The van der Waals surface area contributed by atoms with Crippen LogP contribution in [-0.2, 0) is 4.79 Å². The monoisotopic (exact) mass is 99.1 g/mol. The molecule has 3 heteroatoms. The van der Waals surface area contributed by atoms with E-state index in [1.54, 1.807) is 0 Å². The molecule has 0 aromatic heterocycles. The molecule has 0 aromatic rings. The first-order chi connectivity index (χ1) is 3.29. The van der Waals surface area contributed by atoms with Crippen LogP contribution in [-0.4, -0.2) is 23.9 Å². The van der Waals surface area contributed by atoms with E-state index < -0.39 is 0 Å². The van der Waals surface area contributed by atoms with Crippen molar-refractivity contribution in [1.82, 2.24) is 5.43 Å². The van der Waals surface area contributed by atoms with Crippen LogP contribution in [0.1, 0.15) is 6.42 Å². The van der Waals surface area contributed by atoms with Gasteiger partial charge in [0.15, 0.2) is 13.3 Å². The number of nitrogens with one attached hydrogen (secondary N) is 1. The van der Waals surface area contributed by atoms with Crippen LogP contribution in [0.2, 0.25) is 0 Å². The van der Waals surface area contributed by atoms with E-state index in [9.17, 15) is 4.79 Å². The topological polar surface area (TPSA) is 32.1 Å². The van der Waals surface area contributed by atoms with E-state index >= 15 is 0 Å². The first-order valence-electron chi connectivity index (χ1n) is 2.16. The molecule has 0 bridgehead atoms. The van der Waals surface area contributed by atoms with Crippen LogP contribution in [0.25, 0.3) is 0 Å². The third-order valence-electron chi connectivity index (χ3n) is 0.892. The van der Waals surface area contributed by atoms with Crippen LogP contribution in [0, 0.1) is 0 Å². The molecule has 7 heavy (non-hydrogen) atoms. The number of carbonyl (C=O) groups is 1. The molecule has 3 nitrogen and oxygen atoms in total. The van der Waals surface area contributed by atoms with Gasteiger partial charge in [0, 0.05) is 0 Å². The van der Waals surface area contributed by atoms with Gasteiger partial charge in [-0.1, -0.05) is 0 Å². The molecule has 1 saturated heterocycles. The summed E-state index contributed by atoms with van der Waals surface area (Å²) in [6.07, 6.45) is 0.587. The minimum atomic E-state index is 0.0648. The zero-order valence-electron chi connectivity index (χ0n) is 3.98. The molecule has 1 rings (SSSR count). The Labute approximate surface area is 41.6 Å². The standard InChI is InChI=1S/C4H6N2O/c1-6-3-2-4(7)5-6/h1-3H2/p+1. The number of hydrogen-bond donors (Lipinski definition) is 1. The van der Waals surface area contributed by atoms with E-state index in [-0.39, 0.29) is 5.91 Å². The second-order valence-corrected chi connectivity index (χ2v) is 1.55. The third kappa shape index (κ3) is 0.765. The Morgan fingerprint density at radius 3 is 2.71 bits per heavy atom. The third-order valence-corrected chi connectivity index (χ3v) is 0.892. The number of hydrazine groups is 1. The Balaban J connectivity index is 2.55. The van der Waals surface area contributed by atoms with Gasteiger partial charge in [0.25, 0.3) is 5.91 Å². The van der Waals surface area contributed by atoms with Crippen molar-refractivity contribution in [2.24, 2.45) is 0 Å². The lowest BCUT2D eigenvalue weighted by atomic mass is 10.5. The number of rotatable bonds is 0. The molecule has 38 valence electrons. The molecule has 0 radical (unpaired) electrons. The largest absolute Gasteiger partial charge is 0.280 e. The van der Waals surface area contributed by atoms with Crippen molar-refractivity contribution in [3.8, 4) is 0 Å². The molecular weight excluding hydrogens is 92.1 g/mol. The lowest BCUT2D eigenvalue weighted by Gasteiger charge is -1.80. The smallest absolute Gasteiger partial charge is 0.269 e. The zero-order valence-corrected chi connectivity index (χ0v) is 3.98. The van der Waals surface area contributed by atoms with Gasteiger partial charge in [0.1, 0.15) is 0 Å². The SMILES string of the molecule is C=[N+]1CCC(=O)N1. The van der Waals surface area contributed by atoms with E-state index in [2.05, 4.69) is 12.1 Å². The average Bonchev–Trinajstić information content (AvgIpc) is 1.87. The first kappa shape index (κ1) is 4.30. The maximum absolute atomic E-state index is 10.3. The molecule has 0 aromatic carbocycles. The van der Waals surface area contributed by atoms with Crippen LogP contribution in [0.5, 0.6) is 0 Å². The van der Waals surface area contributed by atoms with Crippen LogP contribution >= 0.6 is 0 Å². The lowest BCUT2D eigenvalue weighted by Crippen LogP contribution is -2.21. The van der Waals surface area contributed by atoms with Crippen molar-refractivity contribution in [2.45, 2.75) is 6.42 Å². The maximum Gasteiger partial charge on any atom is 0.280 e. The summed E-state index contributed by atoms with van der Waals surface area (Å²) >= 11 is 0. The summed E-state index contributed by atoms with van der Waals surface area (Å²) in [7, 11) is 0. The molecule has 0 unspecified atom stereocenters. The van der Waals surface area contributed by atoms with Crippen molar-refractivity contribution in [3.05, 3.63) is 0 Å². The number of hydrazone groups is 1. The number of hydrogen-bond acceptors (Lipinski definition) is 1. The molecule has 1 heterocycles. The summed E-state index contributed by atoms with van der Waals surface area (Å²) in [5.74, 6) is 0.0648. The van der Waals surface area contributed by atoms with Gasteiger partial charge in [-0.15, -0.1) is 10.1 Å². The highest BCUT2D eigenvalue weighted by atomic mass is 16.2. The van der Waals surface area contributed by atoms with Crippen LogP contribution < -0.4 is 5.43 Å². The van der Waals surface area contributed by atoms with Gasteiger partial charge in [-0.2, -0.15) is 0 Å². The summed E-state index contributed by atoms with van der Waals surface area (Å²) < 4.78 is 1.53. The molecule has 1 aliphatic heterocycles. The highest BCUT2D eigenvalue weighted by Crippen LogP contribution is 1.86. The quantitative estimate of drug-likeness (QED) is 0.393. The van der Waals surface area contributed by atoms with Crippen LogP contribution in [0.15, 0.2) is 0 Å². The minimum absolute atomic E-state index is 0.0648. The molecule has 0 atom stereocenters. The number of nitrogens with zero attached hydrogens (tertiary/aromatic N) is 1. The normalized spacial score (nSPS) is 20.0. The Morgan fingerprint density at radius 1 is 1.86 bits per heavy atom. The summed E-state index contributed by atoms with van der Waals surface area (Å²) in [5, 5.41) is 0. The predicted octanol–water partition coefficient (Wildman–Crippen LogP) is -0.866. The molecular formula is C4H7N2O+. The van der Waals surface area contributed by atoms with Gasteiger partial charge in [-0.05, 0) is 0 Å². The van der Waals surface area contributed by atoms with Gasteiger partial charge < -0.3 is 0 Å². The van der Waals surface area contributed by atoms with Gasteiger partial charge in [-0.3, -0.25) is 4.79 Å². The maximum atomic E-state index is 10.3. The lowest BCUT2D eigenvalue weighted by molar-refractivity contribution is -0.549. The van der Waals surface area contributed by atoms with Crippen molar-refractivity contribution >= 4 is 12.6 Å². The minimum Gasteiger partial charge on any atom is -0.269 e. The number of amides is 1. The molecule has 1 fully saturated rings. The molecule has 1 N–H and O–H groups in total. The molecule has 0 aliphatic carbocycles. The van der Waals surface area contributed by atoms with Crippen molar-refractivity contribution < 1.29 is 9.48 Å². The summed E-state index contributed by atoms with van der Waals surface area (Å²) in [6.45, 7) is 4.22. The van der Waals surface area contributed by atoms with E-state index in [4.69, 9.17) is 0 Å². The van der Waals surface area contributed by atoms with Crippen molar-refractivity contribution in [3.63, 3.8) is 0 Å². The summed E-state index contributed by atoms with van der Waals surface area (Å²) in [4.78, 5) is 10.3. The Morgan fingerprint density at radius 2 is 2.57 bits per heavy atom. The van der Waals surface area contributed by atoms with Crippen molar-refractivity contribution in [1.29, 1.82) is 0 Å². The second-order valence-electron chi connectivity index (χ2n) is 1.55. The van der Waals surface area contributed by atoms with E-state index in [0.717, 1.165) is 6.54 Å². The Kier molecular flexibility index (Phi) is 0.817. The average molecular weight is 99.1 g/mol. The van der Waals surface area contributed by atoms with Gasteiger partial charge >= 0.3 is 0 Å². The zero-order chi connectivity index (χ0) is 5.28. The molecule has 0 saturated carbocycles. The summed E-state index contributed by atoms with van der Waals surface area (Å²) in [6, 6.07) is 0. The first-order valence-corrected chi connectivity index (χ1v) is 2.16. The fourth-order valence-corrected chi connectivity index (χ4v) is 0.525.